The standard InChI is InChI=1S/C25H34N4O2.HI/c1-25(2)16-22(21-6-4-5-7-23(21)31-25)28-24(26-3)27-17-19-8-10-20(11-9-19)18-29-12-14-30-15-13-29;/h4-11,22H,12-18H2,1-3H3,(H2,26,27,28);1H. The molecule has 0 aliphatic carbocycles. The van der Waals surface area contributed by atoms with Crippen LogP contribution in [0.3, 0.4) is 0 Å². The molecule has 0 spiro atoms. The third-order valence-corrected chi connectivity index (χ3v) is 5.90. The Morgan fingerprint density at radius 3 is 2.47 bits per heavy atom. The molecule has 2 heterocycles. The number of hydrogen-bond donors (Lipinski definition) is 2. The van der Waals surface area contributed by atoms with Gasteiger partial charge in [-0.2, -0.15) is 0 Å². The maximum atomic E-state index is 6.15. The van der Waals surface area contributed by atoms with Crippen LogP contribution in [0.2, 0.25) is 0 Å². The average molecular weight is 550 g/mol. The molecule has 1 saturated heterocycles. The first kappa shape index (κ1) is 24.8. The molecule has 0 bridgehead atoms. The second-order valence-corrected chi connectivity index (χ2v) is 8.93. The molecule has 2 aliphatic heterocycles. The van der Waals surface area contributed by atoms with Crippen molar-refractivity contribution >= 4 is 29.9 Å². The average Bonchev–Trinajstić information content (AvgIpc) is 2.77. The van der Waals surface area contributed by atoms with Gasteiger partial charge in [-0.05, 0) is 31.0 Å². The highest BCUT2D eigenvalue weighted by atomic mass is 127. The number of para-hydroxylation sites is 1. The van der Waals surface area contributed by atoms with E-state index in [1.165, 1.54) is 16.7 Å². The molecule has 1 fully saturated rings. The van der Waals surface area contributed by atoms with Crippen molar-refractivity contribution < 1.29 is 9.47 Å². The second-order valence-electron chi connectivity index (χ2n) is 8.93. The quantitative estimate of drug-likeness (QED) is 0.334. The van der Waals surface area contributed by atoms with Gasteiger partial charge in [-0.3, -0.25) is 9.89 Å². The molecule has 6 nitrogen and oxygen atoms in total. The number of halogens is 1. The molecule has 7 heteroatoms. The highest BCUT2D eigenvalue weighted by Crippen LogP contribution is 2.39. The van der Waals surface area contributed by atoms with Gasteiger partial charge < -0.3 is 20.1 Å². The molecule has 0 amide bonds. The fourth-order valence-electron chi connectivity index (χ4n) is 4.26. The van der Waals surface area contributed by atoms with Crippen LogP contribution in [0.15, 0.2) is 53.5 Å². The van der Waals surface area contributed by atoms with Crippen LogP contribution in [0, 0.1) is 0 Å². The van der Waals surface area contributed by atoms with Crippen molar-refractivity contribution in [3.05, 3.63) is 65.2 Å². The van der Waals surface area contributed by atoms with Gasteiger partial charge in [0, 0.05) is 45.2 Å². The lowest BCUT2D eigenvalue weighted by Gasteiger charge is -2.38. The molecule has 32 heavy (non-hydrogen) atoms. The van der Waals surface area contributed by atoms with Gasteiger partial charge in [0.1, 0.15) is 11.4 Å². The van der Waals surface area contributed by atoms with Crippen molar-refractivity contribution in [1.82, 2.24) is 15.5 Å². The fraction of sp³-hybridized carbons (Fsp3) is 0.480. The summed E-state index contributed by atoms with van der Waals surface area (Å²) in [6.07, 6.45) is 0.876. The number of guanidine groups is 1. The topological polar surface area (TPSA) is 58.1 Å². The van der Waals surface area contributed by atoms with Crippen molar-refractivity contribution in [2.24, 2.45) is 4.99 Å². The maximum absolute atomic E-state index is 6.15. The van der Waals surface area contributed by atoms with E-state index in [9.17, 15) is 0 Å². The zero-order valence-corrected chi connectivity index (χ0v) is 21.6. The predicted octanol–water partition coefficient (Wildman–Crippen LogP) is 4.10. The normalized spacial score (nSPS) is 20.5. The molecule has 2 aliphatic rings. The molecular weight excluding hydrogens is 515 g/mol. The van der Waals surface area contributed by atoms with E-state index in [1.807, 2.05) is 19.2 Å². The predicted molar refractivity (Wildman–Crippen MR) is 140 cm³/mol. The number of nitrogens with zero attached hydrogens (tertiary/aromatic N) is 2. The van der Waals surface area contributed by atoms with E-state index in [2.05, 4.69) is 70.8 Å². The van der Waals surface area contributed by atoms with Gasteiger partial charge in [0.25, 0.3) is 0 Å². The first-order valence-corrected chi connectivity index (χ1v) is 11.2. The molecule has 174 valence electrons. The monoisotopic (exact) mass is 550 g/mol. The molecule has 2 aromatic carbocycles. The van der Waals surface area contributed by atoms with E-state index in [0.29, 0.717) is 0 Å². The molecule has 4 rings (SSSR count). The number of nitrogens with one attached hydrogen (secondary N) is 2. The lowest BCUT2D eigenvalue weighted by molar-refractivity contribution is 0.0342. The van der Waals surface area contributed by atoms with Gasteiger partial charge in [0.2, 0.25) is 0 Å². The summed E-state index contributed by atoms with van der Waals surface area (Å²) in [5.74, 6) is 1.75. The third-order valence-electron chi connectivity index (χ3n) is 5.90. The van der Waals surface area contributed by atoms with Crippen molar-refractivity contribution in [3.8, 4) is 5.75 Å². The van der Waals surface area contributed by atoms with Crippen LogP contribution in [0.5, 0.6) is 5.75 Å². The van der Waals surface area contributed by atoms with Crippen molar-refractivity contribution in [1.29, 1.82) is 0 Å². The summed E-state index contributed by atoms with van der Waals surface area (Å²) in [7, 11) is 1.82. The van der Waals surface area contributed by atoms with Gasteiger partial charge >= 0.3 is 0 Å². The van der Waals surface area contributed by atoms with Crippen molar-refractivity contribution in [2.45, 2.75) is 45.0 Å². The number of hydrogen-bond acceptors (Lipinski definition) is 4. The van der Waals surface area contributed by atoms with Crippen molar-refractivity contribution in [2.75, 3.05) is 33.4 Å². The zero-order valence-electron chi connectivity index (χ0n) is 19.3. The van der Waals surface area contributed by atoms with Gasteiger partial charge in [-0.25, -0.2) is 0 Å². The van der Waals surface area contributed by atoms with E-state index in [0.717, 1.165) is 57.5 Å². The van der Waals surface area contributed by atoms with Gasteiger partial charge in [0.05, 0.1) is 19.3 Å². The Morgan fingerprint density at radius 1 is 1.06 bits per heavy atom. The Hall–Kier alpha value is -1.84. The van der Waals surface area contributed by atoms with Crippen LogP contribution in [-0.2, 0) is 17.8 Å². The number of morpholine rings is 1. The third kappa shape index (κ3) is 6.59. The molecule has 1 atom stereocenters. The number of ether oxygens (including phenoxy) is 2. The van der Waals surface area contributed by atoms with E-state index in [1.54, 1.807) is 0 Å². The lowest BCUT2D eigenvalue weighted by atomic mass is 9.90. The van der Waals surface area contributed by atoms with Crippen LogP contribution >= 0.6 is 24.0 Å². The smallest absolute Gasteiger partial charge is 0.191 e. The van der Waals surface area contributed by atoms with Crippen LogP contribution in [-0.4, -0.2) is 49.8 Å². The Bertz CT molecular complexity index is 895. The number of aliphatic imine (C=N–C) groups is 1. The number of rotatable bonds is 5. The minimum atomic E-state index is -0.221. The lowest BCUT2D eigenvalue weighted by Crippen LogP contribution is -2.45. The van der Waals surface area contributed by atoms with Crippen LogP contribution in [0.4, 0.5) is 0 Å². The van der Waals surface area contributed by atoms with E-state index in [4.69, 9.17) is 9.47 Å². The van der Waals surface area contributed by atoms with Gasteiger partial charge in [-0.1, -0.05) is 42.5 Å². The van der Waals surface area contributed by atoms with E-state index in [-0.39, 0.29) is 35.6 Å². The zero-order chi connectivity index (χ0) is 21.7. The number of fused-ring (bicyclic) bond motifs is 1. The summed E-state index contributed by atoms with van der Waals surface area (Å²) < 4.78 is 11.6. The largest absolute Gasteiger partial charge is 0.487 e. The fourth-order valence-corrected chi connectivity index (χ4v) is 4.26. The Balaban J connectivity index is 0.00000289. The SMILES string of the molecule is CN=C(NCc1ccc(CN2CCOCC2)cc1)NC1CC(C)(C)Oc2ccccc21.I. The molecule has 1 unspecified atom stereocenters. The van der Waals surface area contributed by atoms with Crippen molar-refractivity contribution in [3.63, 3.8) is 0 Å². The van der Waals surface area contributed by atoms with E-state index < -0.39 is 0 Å². The molecule has 0 radical (unpaired) electrons. The van der Waals surface area contributed by atoms with Gasteiger partial charge in [0.15, 0.2) is 5.96 Å². The first-order chi connectivity index (χ1) is 15.0. The molecule has 2 N–H and O–H groups in total. The molecule has 0 saturated carbocycles. The summed E-state index contributed by atoms with van der Waals surface area (Å²) in [6, 6.07) is 17.2. The Morgan fingerprint density at radius 2 is 1.75 bits per heavy atom. The molecule has 2 aromatic rings. The highest BCUT2D eigenvalue weighted by molar-refractivity contribution is 14.0. The highest BCUT2D eigenvalue weighted by Gasteiger charge is 2.33. The Labute approximate surface area is 208 Å². The summed E-state index contributed by atoms with van der Waals surface area (Å²) >= 11 is 0. The minimum absolute atomic E-state index is 0. The maximum Gasteiger partial charge on any atom is 0.191 e. The van der Waals surface area contributed by atoms with Crippen LogP contribution < -0.4 is 15.4 Å². The van der Waals surface area contributed by atoms with Crippen LogP contribution in [0.1, 0.15) is 43.0 Å². The first-order valence-electron chi connectivity index (χ1n) is 11.2. The van der Waals surface area contributed by atoms with Crippen LogP contribution in [0.25, 0.3) is 0 Å². The summed E-state index contributed by atoms with van der Waals surface area (Å²) in [4.78, 5) is 6.89. The molecular formula is C25H35IN4O2. The summed E-state index contributed by atoms with van der Waals surface area (Å²) in [6.45, 7) is 9.67. The summed E-state index contributed by atoms with van der Waals surface area (Å²) in [5, 5.41) is 7.06. The second kappa shape index (κ2) is 11.3. The molecule has 0 aromatic heterocycles. The Kier molecular flexibility index (Phi) is 8.79. The van der Waals surface area contributed by atoms with Gasteiger partial charge in [-0.15, -0.1) is 24.0 Å². The summed E-state index contributed by atoms with van der Waals surface area (Å²) in [5.41, 5.74) is 3.54. The minimum Gasteiger partial charge on any atom is -0.487 e. The van der Waals surface area contributed by atoms with E-state index >= 15 is 0 Å². The number of benzene rings is 2.